The summed E-state index contributed by atoms with van der Waals surface area (Å²) in [6.07, 6.45) is 28.8. The number of ether oxygens (including phenoxy) is 1. The van der Waals surface area contributed by atoms with Gasteiger partial charge in [0.05, 0.1) is 6.61 Å². The number of allylic oxidation sites excluding steroid dienone is 1. The van der Waals surface area contributed by atoms with Gasteiger partial charge in [-0.05, 0) is 13.3 Å². The standard InChI is InChI=1S/C26H51NO2/c1-3-4-5-6-7-8-9-10-11-12-13-14-15-16-17-18-19-20-21-22-23-29-26(28)24-25(2)27/h24H,3-23,27H2,1-2H3/b25-24-. The summed E-state index contributed by atoms with van der Waals surface area (Å²) in [5, 5.41) is 0. The van der Waals surface area contributed by atoms with E-state index in [1.807, 2.05) is 0 Å². The van der Waals surface area contributed by atoms with Crippen LogP contribution >= 0.6 is 0 Å². The van der Waals surface area contributed by atoms with Crippen molar-refractivity contribution < 1.29 is 9.53 Å². The molecule has 0 radical (unpaired) electrons. The first-order chi connectivity index (χ1) is 14.2. The molecule has 172 valence electrons. The third kappa shape index (κ3) is 25.0. The summed E-state index contributed by atoms with van der Waals surface area (Å²) in [4.78, 5) is 11.3. The molecule has 0 saturated carbocycles. The van der Waals surface area contributed by atoms with Crippen molar-refractivity contribution in [3.05, 3.63) is 11.8 Å². The Morgan fingerprint density at radius 2 is 0.931 bits per heavy atom. The molecule has 0 aromatic rings. The van der Waals surface area contributed by atoms with Crippen LogP contribution in [0.1, 0.15) is 142 Å². The molecule has 29 heavy (non-hydrogen) atoms. The van der Waals surface area contributed by atoms with Crippen LogP contribution in [0.5, 0.6) is 0 Å². The van der Waals surface area contributed by atoms with E-state index in [9.17, 15) is 4.79 Å². The summed E-state index contributed by atoms with van der Waals surface area (Å²) in [6.45, 7) is 4.50. The third-order valence-corrected chi connectivity index (χ3v) is 5.59. The van der Waals surface area contributed by atoms with E-state index in [1.165, 1.54) is 122 Å². The van der Waals surface area contributed by atoms with Crippen LogP contribution in [0.4, 0.5) is 0 Å². The van der Waals surface area contributed by atoms with Crippen LogP contribution in [-0.4, -0.2) is 12.6 Å². The number of nitrogens with two attached hydrogens (primary N) is 1. The van der Waals surface area contributed by atoms with Crippen LogP contribution in [0.25, 0.3) is 0 Å². The van der Waals surface area contributed by atoms with Crippen molar-refractivity contribution in [1.29, 1.82) is 0 Å². The van der Waals surface area contributed by atoms with E-state index in [4.69, 9.17) is 10.5 Å². The molecule has 0 aromatic carbocycles. The highest BCUT2D eigenvalue weighted by Gasteiger charge is 1.98. The Bertz CT molecular complexity index is 375. The van der Waals surface area contributed by atoms with Gasteiger partial charge in [0.1, 0.15) is 0 Å². The van der Waals surface area contributed by atoms with Crippen LogP contribution in [0, 0.1) is 0 Å². The number of hydrogen-bond donors (Lipinski definition) is 1. The highest BCUT2D eigenvalue weighted by atomic mass is 16.5. The fourth-order valence-electron chi connectivity index (χ4n) is 3.76. The highest BCUT2D eigenvalue weighted by Crippen LogP contribution is 2.14. The van der Waals surface area contributed by atoms with E-state index >= 15 is 0 Å². The van der Waals surface area contributed by atoms with Gasteiger partial charge in [-0.2, -0.15) is 0 Å². The molecule has 0 heterocycles. The van der Waals surface area contributed by atoms with Crippen molar-refractivity contribution in [3.8, 4) is 0 Å². The van der Waals surface area contributed by atoms with E-state index in [1.54, 1.807) is 6.92 Å². The van der Waals surface area contributed by atoms with Crippen molar-refractivity contribution in [3.63, 3.8) is 0 Å². The zero-order valence-corrected chi connectivity index (χ0v) is 19.8. The van der Waals surface area contributed by atoms with Gasteiger partial charge in [0.15, 0.2) is 0 Å². The fourth-order valence-corrected chi connectivity index (χ4v) is 3.76. The Balaban J connectivity index is 3.08. The van der Waals surface area contributed by atoms with Crippen LogP contribution < -0.4 is 5.73 Å². The molecule has 0 amide bonds. The Morgan fingerprint density at radius 3 is 1.24 bits per heavy atom. The largest absolute Gasteiger partial charge is 0.462 e. The average Bonchev–Trinajstić information content (AvgIpc) is 2.68. The number of hydrogen-bond acceptors (Lipinski definition) is 3. The van der Waals surface area contributed by atoms with E-state index in [2.05, 4.69) is 6.92 Å². The van der Waals surface area contributed by atoms with Gasteiger partial charge in [0.25, 0.3) is 0 Å². The number of carbonyl (C=O) groups is 1. The van der Waals surface area contributed by atoms with Crippen LogP contribution in [-0.2, 0) is 9.53 Å². The number of esters is 1. The molecule has 0 aromatic heterocycles. The minimum Gasteiger partial charge on any atom is -0.462 e. The second kappa shape index (κ2) is 23.3. The molecular weight excluding hydrogens is 358 g/mol. The summed E-state index contributed by atoms with van der Waals surface area (Å²) in [5.74, 6) is -0.317. The quantitative estimate of drug-likeness (QED) is 0.111. The average molecular weight is 410 g/mol. The van der Waals surface area contributed by atoms with Crippen LogP contribution in [0.15, 0.2) is 11.8 Å². The Morgan fingerprint density at radius 1 is 0.621 bits per heavy atom. The lowest BCUT2D eigenvalue weighted by Crippen LogP contribution is -2.05. The molecule has 0 aliphatic carbocycles. The smallest absolute Gasteiger partial charge is 0.332 e. The fraction of sp³-hybridized carbons (Fsp3) is 0.885. The minimum absolute atomic E-state index is 0.317. The summed E-state index contributed by atoms with van der Waals surface area (Å²) in [5.41, 5.74) is 5.93. The number of rotatable bonds is 22. The zero-order valence-electron chi connectivity index (χ0n) is 19.8. The maximum absolute atomic E-state index is 11.3. The summed E-state index contributed by atoms with van der Waals surface area (Å²) >= 11 is 0. The second-order valence-corrected chi connectivity index (χ2v) is 8.77. The molecule has 0 aliphatic heterocycles. The van der Waals surface area contributed by atoms with Gasteiger partial charge in [-0.1, -0.05) is 129 Å². The second-order valence-electron chi connectivity index (χ2n) is 8.77. The van der Waals surface area contributed by atoms with Gasteiger partial charge < -0.3 is 10.5 Å². The molecule has 0 saturated heterocycles. The van der Waals surface area contributed by atoms with Crippen LogP contribution in [0.3, 0.4) is 0 Å². The lowest BCUT2D eigenvalue weighted by molar-refractivity contribution is -0.137. The molecule has 3 heteroatoms. The molecule has 0 unspecified atom stereocenters. The van der Waals surface area contributed by atoms with Gasteiger partial charge in [0.2, 0.25) is 0 Å². The Kier molecular flexibility index (Phi) is 22.5. The van der Waals surface area contributed by atoms with Crippen molar-refractivity contribution in [2.75, 3.05) is 6.61 Å². The first kappa shape index (κ1) is 28.0. The lowest BCUT2D eigenvalue weighted by atomic mass is 10.0. The van der Waals surface area contributed by atoms with Crippen molar-refractivity contribution in [2.24, 2.45) is 5.73 Å². The Hall–Kier alpha value is -0.990. The van der Waals surface area contributed by atoms with E-state index in [0.29, 0.717) is 12.3 Å². The van der Waals surface area contributed by atoms with Crippen molar-refractivity contribution >= 4 is 5.97 Å². The van der Waals surface area contributed by atoms with Gasteiger partial charge in [0, 0.05) is 11.8 Å². The van der Waals surface area contributed by atoms with Gasteiger partial charge in [-0.15, -0.1) is 0 Å². The molecule has 0 fully saturated rings. The molecule has 3 nitrogen and oxygen atoms in total. The highest BCUT2D eigenvalue weighted by molar-refractivity contribution is 5.82. The van der Waals surface area contributed by atoms with E-state index in [0.717, 1.165) is 12.8 Å². The van der Waals surface area contributed by atoms with Crippen molar-refractivity contribution in [1.82, 2.24) is 0 Å². The third-order valence-electron chi connectivity index (χ3n) is 5.59. The normalized spacial score (nSPS) is 11.7. The monoisotopic (exact) mass is 409 g/mol. The summed E-state index contributed by atoms with van der Waals surface area (Å²) in [6, 6.07) is 0. The first-order valence-corrected chi connectivity index (χ1v) is 12.8. The minimum atomic E-state index is -0.317. The van der Waals surface area contributed by atoms with Gasteiger partial charge >= 0.3 is 5.97 Å². The predicted molar refractivity (Wildman–Crippen MR) is 127 cm³/mol. The summed E-state index contributed by atoms with van der Waals surface area (Å²) < 4.78 is 5.09. The maximum Gasteiger partial charge on any atom is 0.332 e. The molecule has 0 rings (SSSR count). The van der Waals surface area contributed by atoms with Crippen molar-refractivity contribution in [2.45, 2.75) is 142 Å². The molecular formula is C26H51NO2. The molecule has 0 spiro atoms. The molecule has 2 N–H and O–H groups in total. The predicted octanol–water partition coefficient (Wildman–Crippen LogP) is 8.21. The van der Waals surface area contributed by atoms with E-state index < -0.39 is 0 Å². The summed E-state index contributed by atoms with van der Waals surface area (Å²) in [7, 11) is 0. The van der Waals surface area contributed by atoms with Gasteiger partial charge in [-0.25, -0.2) is 4.79 Å². The number of unbranched alkanes of at least 4 members (excludes halogenated alkanes) is 19. The van der Waals surface area contributed by atoms with E-state index in [-0.39, 0.29) is 5.97 Å². The SMILES string of the molecule is CCCCCCCCCCCCCCCCCCCCCCOC(=O)/C=C(/C)N. The topological polar surface area (TPSA) is 52.3 Å². The molecule has 0 atom stereocenters. The number of carbonyl (C=O) groups excluding carboxylic acids is 1. The molecule has 0 bridgehead atoms. The zero-order chi connectivity index (χ0) is 21.4. The lowest BCUT2D eigenvalue weighted by Gasteiger charge is -2.04. The first-order valence-electron chi connectivity index (χ1n) is 12.8. The molecule has 0 aliphatic rings. The Labute approximate surface area is 182 Å². The van der Waals surface area contributed by atoms with Gasteiger partial charge in [-0.3, -0.25) is 0 Å². The van der Waals surface area contributed by atoms with Crippen LogP contribution in [0.2, 0.25) is 0 Å². The maximum atomic E-state index is 11.3.